The molecule has 0 aliphatic rings. The summed E-state index contributed by atoms with van der Waals surface area (Å²) < 4.78 is 37.2. The van der Waals surface area contributed by atoms with Gasteiger partial charge in [-0.3, -0.25) is 4.79 Å². The van der Waals surface area contributed by atoms with Gasteiger partial charge in [-0.2, -0.15) is 4.31 Å². The van der Waals surface area contributed by atoms with E-state index in [4.69, 9.17) is 9.47 Å². The second kappa shape index (κ2) is 10.3. The Bertz CT molecular complexity index is 909. The van der Waals surface area contributed by atoms with Crippen molar-refractivity contribution in [3.63, 3.8) is 0 Å². The molecule has 29 heavy (non-hydrogen) atoms. The second-order valence-electron chi connectivity index (χ2n) is 6.38. The molecule has 0 bridgehead atoms. The Balaban J connectivity index is 1.95. The zero-order chi connectivity index (χ0) is 21.4. The quantitative estimate of drug-likeness (QED) is 0.639. The normalized spacial score (nSPS) is 12.4. The largest absolute Gasteiger partial charge is 0.496 e. The summed E-state index contributed by atoms with van der Waals surface area (Å²) in [7, 11) is -1.93. The fourth-order valence-corrected chi connectivity index (χ4v) is 4.41. The van der Waals surface area contributed by atoms with Gasteiger partial charge in [0.25, 0.3) is 5.91 Å². The third-order valence-corrected chi connectivity index (χ3v) is 6.58. The molecule has 0 saturated carbocycles. The maximum Gasteiger partial charge on any atom is 0.258 e. The Morgan fingerprint density at radius 1 is 1.07 bits per heavy atom. The minimum absolute atomic E-state index is 0.179. The molecule has 0 aliphatic carbocycles. The van der Waals surface area contributed by atoms with Crippen LogP contribution in [0, 0.1) is 0 Å². The number of carbonyl (C=O) groups is 1. The van der Waals surface area contributed by atoms with Gasteiger partial charge in [-0.15, -0.1) is 0 Å². The van der Waals surface area contributed by atoms with Gasteiger partial charge in [0.15, 0.2) is 6.61 Å². The van der Waals surface area contributed by atoms with E-state index in [0.29, 0.717) is 24.6 Å². The van der Waals surface area contributed by atoms with Crippen LogP contribution in [0.2, 0.25) is 0 Å². The molecule has 0 spiro atoms. The third kappa shape index (κ3) is 5.71. The molecule has 8 heteroatoms. The molecule has 0 aromatic heterocycles. The van der Waals surface area contributed by atoms with Crippen molar-refractivity contribution in [2.24, 2.45) is 0 Å². The molecule has 0 radical (unpaired) electrons. The number of nitrogens with one attached hydrogen (secondary N) is 1. The molecule has 2 rings (SSSR count). The molecule has 7 nitrogen and oxygen atoms in total. The molecule has 1 atom stereocenters. The fraction of sp³-hybridized carbons (Fsp3) is 0.381. The average molecular weight is 421 g/mol. The number of sulfonamides is 1. The van der Waals surface area contributed by atoms with E-state index in [2.05, 4.69) is 5.32 Å². The summed E-state index contributed by atoms with van der Waals surface area (Å²) in [5.74, 6) is 0.832. The van der Waals surface area contributed by atoms with Crippen LogP contribution in [0.4, 0.5) is 0 Å². The average Bonchev–Trinajstić information content (AvgIpc) is 2.73. The standard InChI is InChI=1S/C21H28N2O5S/c1-5-23(6-2)29(25,26)18-13-11-17(12-14-18)28-15-21(24)22-16(3)19-9-7-8-10-20(19)27-4/h7-14,16H,5-6,15H2,1-4H3,(H,22,24)/t16-/m1/s1. The van der Waals surface area contributed by atoms with Crippen LogP contribution in [-0.2, 0) is 14.8 Å². The lowest BCUT2D eigenvalue weighted by molar-refractivity contribution is -0.123. The Kier molecular flexibility index (Phi) is 8.04. The topological polar surface area (TPSA) is 84.9 Å². The van der Waals surface area contributed by atoms with E-state index < -0.39 is 10.0 Å². The van der Waals surface area contributed by atoms with Gasteiger partial charge in [0, 0.05) is 18.7 Å². The minimum atomic E-state index is -3.52. The molecule has 2 aromatic rings. The van der Waals surface area contributed by atoms with Crippen molar-refractivity contribution in [2.45, 2.75) is 31.7 Å². The summed E-state index contributed by atoms with van der Waals surface area (Å²) in [6, 6.07) is 13.3. The smallest absolute Gasteiger partial charge is 0.258 e. The number of ether oxygens (including phenoxy) is 2. The first kappa shape index (κ1) is 22.7. The number of nitrogens with zero attached hydrogens (tertiary/aromatic N) is 1. The molecule has 1 amide bonds. The highest BCUT2D eigenvalue weighted by molar-refractivity contribution is 7.89. The molecule has 0 aliphatic heterocycles. The Hall–Kier alpha value is -2.58. The molecule has 1 N–H and O–H groups in total. The lowest BCUT2D eigenvalue weighted by Gasteiger charge is -2.19. The van der Waals surface area contributed by atoms with E-state index in [1.807, 2.05) is 31.2 Å². The monoisotopic (exact) mass is 420 g/mol. The number of methoxy groups -OCH3 is 1. The molecule has 0 heterocycles. The molecule has 0 fully saturated rings. The predicted octanol–water partition coefficient (Wildman–Crippen LogP) is 2.98. The highest BCUT2D eigenvalue weighted by atomic mass is 32.2. The number of hydrogen-bond donors (Lipinski definition) is 1. The van der Waals surface area contributed by atoms with Gasteiger partial charge in [0.2, 0.25) is 10.0 Å². The van der Waals surface area contributed by atoms with Crippen LogP contribution < -0.4 is 14.8 Å². The van der Waals surface area contributed by atoms with Crippen molar-refractivity contribution in [3.05, 3.63) is 54.1 Å². The van der Waals surface area contributed by atoms with Crippen LogP contribution in [0.25, 0.3) is 0 Å². The van der Waals surface area contributed by atoms with Crippen LogP contribution in [0.5, 0.6) is 11.5 Å². The van der Waals surface area contributed by atoms with Crippen molar-refractivity contribution in [1.82, 2.24) is 9.62 Å². The van der Waals surface area contributed by atoms with Crippen LogP contribution in [0.3, 0.4) is 0 Å². The lowest BCUT2D eigenvalue weighted by Crippen LogP contribution is -2.31. The molecular formula is C21H28N2O5S. The number of benzene rings is 2. The second-order valence-corrected chi connectivity index (χ2v) is 8.32. The summed E-state index contributed by atoms with van der Waals surface area (Å²) in [6.45, 7) is 6.08. The summed E-state index contributed by atoms with van der Waals surface area (Å²) in [5, 5.41) is 2.86. The first-order chi connectivity index (χ1) is 13.8. The van der Waals surface area contributed by atoms with Gasteiger partial charge >= 0.3 is 0 Å². The summed E-state index contributed by atoms with van der Waals surface area (Å²) in [5.41, 5.74) is 0.870. The number of amides is 1. The Labute approximate surface area is 172 Å². The first-order valence-electron chi connectivity index (χ1n) is 9.48. The summed E-state index contributed by atoms with van der Waals surface area (Å²) in [6.07, 6.45) is 0. The van der Waals surface area contributed by atoms with Crippen molar-refractivity contribution in [2.75, 3.05) is 26.8 Å². The first-order valence-corrected chi connectivity index (χ1v) is 10.9. The zero-order valence-corrected chi connectivity index (χ0v) is 18.0. The Morgan fingerprint density at radius 2 is 1.69 bits per heavy atom. The van der Waals surface area contributed by atoms with E-state index in [-0.39, 0.29) is 23.5 Å². The van der Waals surface area contributed by atoms with E-state index in [1.54, 1.807) is 33.1 Å². The molecule has 158 valence electrons. The summed E-state index contributed by atoms with van der Waals surface area (Å²) >= 11 is 0. The molecule has 0 unspecified atom stereocenters. The number of rotatable bonds is 10. The molecular weight excluding hydrogens is 392 g/mol. The van der Waals surface area contributed by atoms with Crippen molar-refractivity contribution in [1.29, 1.82) is 0 Å². The van der Waals surface area contributed by atoms with E-state index in [0.717, 1.165) is 5.56 Å². The SMILES string of the molecule is CCN(CC)S(=O)(=O)c1ccc(OCC(=O)N[C@H](C)c2ccccc2OC)cc1. The van der Waals surface area contributed by atoms with Crippen LogP contribution in [0.1, 0.15) is 32.4 Å². The van der Waals surface area contributed by atoms with Gasteiger partial charge in [-0.1, -0.05) is 32.0 Å². The number of para-hydroxylation sites is 1. The van der Waals surface area contributed by atoms with E-state index in [1.165, 1.54) is 16.4 Å². The number of hydrogen-bond acceptors (Lipinski definition) is 5. The van der Waals surface area contributed by atoms with Gasteiger partial charge < -0.3 is 14.8 Å². The Morgan fingerprint density at radius 3 is 2.28 bits per heavy atom. The predicted molar refractivity (Wildman–Crippen MR) is 112 cm³/mol. The fourth-order valence-electron chi connectivity index (χ4n) is 2.95. The highest BCUT2D eigenvalue weighted by Crippen LogP contribution is 2.24. The highest BCUT2D eigenvalue weighted by Gasteiger charge is 2.21. The minimum Gasteiger partial charge on any atom is -0.496 e. The molecule has 2 aromatic carbocycles. The van der Waals surface area contributed by atoms with Crippen molar-refractivity contribution < 1.29 is 22.7 Å². The van der Waals surface area contributed by atoms with Crippen LogP contribution in [0.15, 0.2) is 53.4 Å². The van der Waals surface area contributed by atoms with Gasteiger partial charge in [-0.25, -0.2) is 8.42 Å². The van der Waals surface area contributed by atoms with Crippen LogP contribution in [-0.4, -0.2) is 45.4 Å². The van der Waals surface area contributed by atoms with Crippen molar-refractivity contribution in [3.8, 4) is 11.5 Å². The van der Waals surface area contributed by atoms with Crippen LogP contribution >= 0.6 is 0 Å². The van der Waals surface area contributed by atoms with E-state index >= 15 is 0 Å². The van der Waals surface area contributed by atoms with E-state index in [9.17, 15) is 13.2 Å². The van der Waals surface area contributed by atoms with Gasteiger partial charge in [-0.05, 0) is 37.3 Å². The van der Waals surface area contributed by atoms with Gasteiger partial charge in [0.1, 0.15) is 11.5 Å². The zero-order valence-electron chi connectivity index (χ0n) is 17.2. The lowest BCUT2D eigenvalue weighted by atomic mass is 10.1. The third-order valence-electron chi connectivity index (χ3n) is 4.52. The maximum absolute atomic E-state index is 12.5. The van der Waals surface area contributed by atoms with Crippen molar-refractivity contribution >= 4 is 15.9 Å². The molecule has 0 saturated heterocycles. The van der Waals surface area contributed by atoms with Gasteiger partial charge in [0.05, 0.1) is 18.0 Å². The summed E-state index contributed by atoms with van der Waals surface area (Å²) in [4.78, 5) is 12.4. The number of carbonyl (C=O) groups excluding carboxylic acids is 1. The maximum atomic E-state index is 12.5.